The van der Waals surface area contributed by atoms with Crippen LogP contribution in [0.3, 0.4) is 0 Å². The number of hydrogen-bond acceptors (Lipinski definition) is 5. The lowest BCUT2D eigenvalue weighted by Gasteiger charge is -2.19. The molecule has 1 aromatic heterocycles. The maximum Gasteiger partial charge on any atom is 0.222 e. The first-order chi connectivity index (χ1) is 14.6. The van der Waals surface area contributed by atoms with Gasteiger partial charge in [-0.3, -0.25) is 0 Å². The normalized spacial score (nSPS) is 12.1. The zero-order valence-electron chi connectivity index (χ0n) is 19.1. The molecular formula is C26H30N4O. The molecule has 5 nitrogen and oxygen atoms in total. The first-order valence-corrected chi connectivity index (χ1v) is 10.3. The third-order valence-corrected chi connectivity index (χ3v) is 5.30. The molecule has 0 aliphatic heterocycles. The summed E-state index contributed by atoms with van der Waals surface area (Å²) in [5, 5.41) is 0. The van der Waals surface area contributed by atoms with Gasteiger partial charge in [-0.1, -0.05) is 56.9 Å². The van der Waals surface area contributed by atoms with Gasteiger partial charge in [0.2, 0.25) is 5.95 Å². The molecule has 1 heterocycles. The van der Waals surface area contributed by atoms with Gasteiger partial charge in [-0.15, -0.1) is 0 Å². The second-order valence-electron chi connectivity index (χ2n) is 8.74. The van der Waals surface area contributed by atoms with Crippen molar-refractivity contribution in [3.63, 3.8) is 0 Å². The maximum atomic E-state index is 5.98. The van der Waals surface area contributed by atoms with Gasteiger partial charge < -0.3 is 16.2 Å². The Morgan fingerprint density at radius 1 is 0.968 bits per heavy atom. The van der Waals surface area contributed by atoms with E-state index >= 15 is 0 Å². The number of methoxy groups -OCH3 is 1. The summed E-state index contributed by atoms with van der Waals surface area (Å²) in [6, 6.07) is 14.9. The van der Waals surface area contributed by atoms with E-state index in [0.717, 1.165) is 22.4 Å². The zero-order valence-corrected chi connectivity index (χ0v) is 19.1. The molecule has 0 fully saturated rings. The highest BCUT2D eigenvalue weighted by molar-refractivity contribution is 5.67. The van der Waals surface area contributed by atoms with Crippen LogP contribution in [0.5, 0.6) is 5.75 Å². The van der Waals surface area contributed by atoms with Gasteiger partial charge in [0.15, 0.2) is 0 Å². The monoisotopic (exact) mass is 414 g/mol. The average Bonchev–Trinajstić information content (AvgIpc) is 2.72. The summed E-state index contributed by atoms with van der Waals surface area (Å²) in [5.41, 5.74) is 17.6. The number of benzene rings is 2. The molecule has 1 atom stereocenters. The Bertz CT molecular complexity index is 1130. The molecule has 31 heavy (non-hydrogen) atoms. The van der Waals surface area contributed by atoms with Crippen LogP contribution in [0.2, 0.25) is 0 Å². The van der Waals surface area contributed by atoms with E-state index in [1.807, 2.05) is 19.1 Å². The van der Waals surface area contributed by atoms with E-state index in [0.29, 0.717) is 17.1 Å². The zero-order chi connectivity index (χ0) is 22.8. The number of nitrogen functional groups attached to an aromatic ring is 2. The molecule has 0 amide bonds. The molecule has 160 valence electrons. The highest BCUT2D eigenvalue weighted by Gasteiger charge is 2.14. The van der Waals surface area contributed by atoms with Crippen molar-refractivity contribution in [3.05, 3.63) is 64.8 Å². The standard InChI is InChI=1S/C26H30N4O/c1-16(7-12-23-17(2)29-25(28)30-24(23)27)19-13-20(15-22(14-19)31-6)18-8-10-21(11-9-18)26(3,4)5/h8-11,13-16H,1-6H3,(H4,27,28,29,30)/t16-/m0/s1. The van der Waals surface area contributed by atoms with Crippen molar-refractivity contribution in [1.82, 2.24) is 9.97 Å². The highest BCUT2D eigenvalue weighted by Crippen LogP contribution is 2.31. The van der Waals surface area contributed by atoms with Gasteiger partial charge >= 0.3 is 0 Å². The number of nitrogens with two attached hydrogens (primary N) is 2. The number of hydrogen-bond donors (Lipinski definition) is 2. The molecule has 4 N–H and O–H groups in total. The summed E-state index contributed by atoms with van der Waals surface area (Å²) in [6.45, 7) is 10.5. The predicted molar refractivity (Wildman–Crippen MR) is 128 cm³/mol. The summed E-state index contributed by atoms with van der Waals surface area (Å²) in [4.78, 5) is 8.17. The fourth-order valence-electron chi connectivity index (χ4n) is 3.35. The van der Waals surface area contributed by atoms with E-state index < -0.39 is 0 Å². The Kier molecular flexibility index (Phi) is 6.21. The van der Waals surface area contributed by atoms with Gasteiger partial charge in [0.25, 0.3) is 0 Å². The Morgan fingerprint density at radius 3 is 2.23 bits per heavy atom. The number of anilines is 2. The summed E-state index contributed by atoms with van der Waals surface area (Å²) >= 11 is 0. The third kappa shape index (κ3) is 5.16. The first kappa shape index (κ1) is 22.2. The molecule has 0 saturated heterocycles. The minimum absolute atomic E-state index is 0.0425. The van der Waals surface area contributed by atoms with E-state index in [2.05, 4.69) is 79.8 Å². The van der Waals surface area contributed by atoms with E-state index in [4.69, 9.17) is 16.2 Å². The molecule has 0 spiro atoms. The molecule has 5 heteroatoms. The minimum atomic E-state index is -0.0425. The average molecular weight is 415 g/mol. The third-order valence-electron chi connectivity index (χ3n) is 5.30. The van der Waals surface area contributed by atoms with Crippen molar-refractivity contribution in [2.75, 3.05) is 18.6 Å². The topological polar surface area (TPSA) is 87.0 Å². The van der Waals surface area contributed by atoms with Gasteiger partial charge in [0.1, 0.15) is 11.6 Å². The number of aryl methyl sites for hydroxylation is 1. The molecule has 0 aliphatic rings. The summed E-state index contributed by atoms with van der Waals surface area (Å²) in [5.74, 6) is 7.61. The van der Waals surface area contributed by atoms with Crippen LogP contribution in [0.4, 0.5) is 11.8 Å². The molecule has 3 aromatic rings. The largest absolute Gasteiger partial charge is 0.497 e. The van der Waals surface area contributed by atoms with E-state index in [9.17, 15) is 0 Å². The van der Waals surface area contributed by atoms with E-state index in [1.165, 1.54) is 5.56 Å². The predicted octanol–water partition coefficient (Wildman–Crippen LogP) is 5.08. The quantitative estimate of drug-likeness (QED) is 0.584. The summed E-state index contributed by atoms with van der Waals surface area (Å²) in [6.07, 6.45) is 0. The second kappa shape index (κ2) is 8.69. The Hall–Kier alpha value is -3.52. The molecule has 0 unspecified atom stereocenters. The Labute approximate surface area is 184 Å². The smallest absolute Gasteiger partial charge is 0.222 e. The molecule has 3 rings (SSSR count). The van der Waals surface area contributed by atoms with Crippen LogP contribution in [0.1, 0.15) is 56.0 Å². The van der Waals surface area contributed by atoms with Crippen LogP contribution < -0.4 is 16.2 Å². The second-order valence-corrected chi connectivity index (χ2v) is 8.74. The van der Waals surface area contributed by atoms with Crippen LogP contribution >= 0.6 is 0 Å². The number of ether oxygens (including phenoxy) is 1. The van der Waals surface area contributed by atoms with Crippen molar-refractivity contribution >= 4 is 11.8 Å². The Balaban J connectivity index is 1.96. The van der Waals surface area contributed by atoms with Gasteiger partial charge in [0.05, 0.1) is 18.4 Å². The van der Waals surface area contributed by atoms with Crippen LogP contribution in [0.15, 0.2) is 42.5 Å². The first-order valence-electron chi connectivity index (χ1n) is 10.3. The summed E-state index contributed by atoms with van der Waals surface area (Å²) in [7, 11) is 1.68. The SMILES string of the molecule is COc1cc(-c2ccc(C(C)(C)C)cc2)cc([C@@H](C)C#Cc2c(C)nc(N)nc2N)c1. The van der Waals surface area contributed by atoms with Crippen LogP contribution in [-0.2, 0) is 5.41 Å². The van der Waals surface area contributed by atoms with Crippen molar-refractivity contribution in [3.8, 4) is 28.7 Å². The van der Waals surface area contributed by atoms with Crippen molar-refractivity contribution in [2.45, 2.75) is 46.0 Å². The maximum absolute atomic E-state index is 5.98. The van der Waals surface area contributed by atoms with Crippen LogP contribution in [-0.4, -0.2) is 17.1 Å². The Morgan fingerprint density at radius 2 is 1.65 bits per heavy atom. The lowest BCUT2D eigenvalue weighted by Crippen LogP contribution is -2.10. The van der Waals surface area contributed by atoms with Crippen molar-refractivity contribution in [1.29, 1.82) is 0 Å². The van der Waals surface area contributed by atoms with Crippen LogP contribution in [0, 0.1) is 18.8 Å². The number of nitrogens with zero attached hydrogens (tertiary/aromatic N) is 2. The summed E-state index contributed by atoms with van der Waals surface area (Å²) < 4.78 is 5.56. The molecular weight excluding hydrogens is 384 g/mol. The van der Waals surface area contributed by atoms with Crippen molar-refractivity contribution in [2.24, 2.45) is 0 Å². The molecule has 2 aromatic carbocycles. The molecule has 0 aliphatic carbocycles. The molecule has 0 radical (unpaired) electrons. The van der Waals surface area contributed by atoms with Gasteiger partial charge in [-0.25, -0.2) is 4.98 Å². The highest BCUT2D eigenvalue weighted by atomic mass is 16.5. The minimum Gasteiger partial charge on any atom is -0.497 e. The van der Waals surface area contributed by atoms with E-state index in [1.54, 1.807) is 7.11 Å². The number of aromatic nitrogens is 2. The van der Waals surface area contributed by atoms with Gasteiger partial charge in [-0.05, 0) is 59.7 Å². The van der Waals surface area contributed by atoms with E-state index in [-0.39, 0.29) is 17.3 Å². The molecule has 0 bridgehead atoms. The van der Waals surface area contributed by atoms with Gasteiger partial charge in [-0.2, -0.15) is 4.98 Å². The lowest BCUT2D eigenvalue weighted by atomic mass is 9.86. The van der Waals surface area contributed by atoms with Gasteiger partial charge in [0, 0.05) is 5.92 Å². The fourth-order valence-corrected chi connectivity index (χ4v) is 3.35. The van der Waals surface area contributed by atoms with Crippen molar-refractivity contribution < 1.29 is 4.74 Å². The fraction of sp³-hybridized carbons (Fsp3) is 0.308. The molecule has 0 saturated carbocycles. The lowest BCUT2D eigenvalue weighted by molar-refractivity contribution is 0.414. The number of rotatable bonds is 3. The van der Waals surface area contributed by atoms with Crippen LogP contribution in [0.25, 0.3) is 11.1 Å².